The third-order valence-electron chi connectivity index (χ3n) is 7.64. The predicted octanol–water partition coefficient (Wildman–Crippen LogP) is 10.2. The van der Waals surface area contributed by atoms with Crippen LogP contribution in [-0.4, -0.2) is 0 Å². The molecule has 1 aliphatic carbocycles. The molecule has 0 heteroatoms. The van der Waals surface area contributed by atoms with Gasteiger partial charge in [-0.2, -0.15) is 0 Å². The lowest BCUT2D eigenvalue weighted by Gasteiger charge is -2.33. The van der Waals surface area contributed by atoms with Crippen LogP contribution in [0, 0.1) is 0 Å². The topological polar surface area (TPSA) is 0 Å². The first-order chi connectivity index (χ1) is 16.2. The fourth-order valence-corrected chi connectivity index (χ4v) is 5.85. The normalized spacial score (nSPS) is 13.5. The zero-order valence-electron chi connectivity index (χ0n) is 20.7. The summed E-state index contributed by atoms with van der Waals surface area (Å²) in [6.45, 7) is 8.59. The number of rotatable bonds is 12. The van der Waals surface area contributed by atoms with Gasteiger partial charge in [-0.15, -0.1) is 0 Å². The van der Waals surface area contributed by atoms with Crippen LogP contribution < -0.4 is 0 Å². The monoisotopic (exact) mass is 436 g/mol. The van der Waals surface area contributed by atoms with Crippen LogP contribution >= 0.6 is 0 Å². The van der Waals surface area contributed by atoms with E-state index in [9.17, 15) is 0 Å². The van der Waals surface area contributed by atoms with Gasteiger partial charge in [0.15, 0.2) is 0 Å². The summed E-state index contributed by atoms with van der Waals surface area (Å²) in [4.78, 5) is 0. The molecule has 0 unspecified atom stereocenters. The third-order valence-corrected chi connectivity index (χ3v) is 7.64. The molecular weight excluding hydrogens is 396 g/mol. The molecule has 172 valence electrons. The molecule has 0 saturated heterocycles. The van der Waals surface area contributed by atoms with Crippen molar-refractivity contribution in [2.75, 3.05) is 0 Å². The Balaban J connectivity index is 1.79. The van der Waals surface area contributed by atoms with Crippen molar-refractivity contribution in [2.24, 2.45) is 0 Å². The minimum absolute atomic E-state index is 0.152. The maximum absolute atomic E-state index is 3.97. The molecule has 0 radical (unpaired) electrons. The Morgan fingerprint density at radius 1 is 0.636 bits per heavy atom. The highest BCUT2D eigenvalue weighted by atomic mass is 14.4. The Labute approximate surface area is 201 Å². The molecule has 3 aromatic carbocycles. The highest BCUT2D eigenvalue weighted by molar-refractivity contribution is 5.84. The van der Waals surface area contributed by atoms with Crippen LogP contribution in [0.1, 0.15) is 94.7 Å². The maximum Gasteiger partial charge on any atom is 0.0215 e. The summed E-state index contributed by atoms with van der Waals surface area (Å²) >= 11 is 0. The van der Waals surface area contributed by atoms with Crippen molar-refractivity contribution in [1.29, 1.82) is 0 Å². The van der Waals surface area contributed by atoms with Crippen molar-refractivity contribution < 1.29 is 0 Å². The van der Waals surface area contributed by atoms with Crippen LogP contribution in [0.25, 0.3) is 28.3 Å². The van der Waals surface area contributed by atoms with E-state index in [1.54, 1.807) is 11.1 Å². The van der Waals surface area contributed by atoms with Crippen molar-refractivity contribution in [3.63, 3.8) is 0 Å². The highest BCUT2D eigenvalue weighted by Gasteiger charge is 2.42. The van der Waals surface area contributed by atoms with Gasteiger partial charge in [0.1, 0.15) is 0 Å². The lowest BCUT2D eigenvalue weighted by Crippen LogP contribution is -2.25. The standard InChI is InChI=1S/C33H40/c1-4-7-9-13-22-33(23-14-10-8-5-2)31-19-12-11-18-29(31)30-21-20-28(25-32(30)33)27-17-15-16-26(6-3)24-27/h6,11-12,15-21,24-25H,3-5,7-10,13-14,22-23H2,1-2H3. The van der Waals surface area contributed by atoms with E-state index in [2.05, 4.69) is 87.2 Å². The molecule has 1 aliphatic rings. The van der Waals surface area contributed by atoms with Crippen LogP contribution in [0.2, 0.25) is 0 Å². The Morgan fingerprint density at radius 3 is 2.00 bits per heavy atom. The minimum Gasteiger partial charge on any atom is -0.0985 e. The Hall–Kier alpha value is -2.60. The Morgan fingerprint density at radius 2 is 1.30 bits per heavy atom. The smallest absolute Gasteiger partial charge is 0.0215 e. The van der Waals surface area contributed by atoms with E-state index < -0.39 is 0 Å². The van der Waals surface area contributed by atoms with Crippen molar-refractivity contribution in [2.45, 2.75) is 83.5 Å². The lowest BCUT2D eigenvalue weighted by molar-refractivity contribution is 0.401. The summed E-state index contributed by atoms with van der Waals surface area (Å²) in [5.41, 5.74) is 10.0. The van der Waals surface area contributed by atoms with Gasteiger partial charge in [0.25, 0.3) is 0 Å². The van der Waals surface area contributed by atoms with Gasteiger partial charge in [0.05, 0.1) is 0 Å². The van der Waals surface area contributed by atoms with Gasteiger partial charge in [-0.1, -0.05) is 132 Å². The number of hydrogen-bond donors (Lipinski definition) is 0. The highest BCUT2D eigenvalue weighted by Crippen LogP contribution is 2.54. The van der Waals surface area contributed by atoms with E-state index in [-0.39, 0.29) is 5.41 Å². The van der Waals surface area contributed by atoms with Crippen LogP contribution in [0.15, 0.2) is 73.3 Å². The molecule has 0 bridgehead atoms. The molecule has 0 saturated carbocycles. The first-order valence-corrected chi connectivity index (χ1v) is 13.2. The van der Waals surface area contributed by atoms with Gasteiger partial charge in [-0.3, -0.25) is 0 Å². The van der Waals surface area contributed by atoms with Gasteiger partial charge in [-0.05, 0) is 63.9 Å². The van der Waals surface area contributed by atoms with E-state index >= 15 is 0 Å². The van der Waals surface area contributed by atoms with Crippen molar-refractivity contribution in [1.82, 2.24) is 0 Å². The van der Waals surface area contributed by atoms with E-state index in [1.165, 1.54) is 92.0 Å². The largest absolute Gasteiger partial charge is 0.0985 e. The van der Waals surface area contributed by atoms with Crippen molar-refractivity contribution in [3.05, 3.63) is 90.0 Å². The second-order valence-corrected chi connectivity index (χ2v) is 9.84. The SMILES string of the molecule is C=Cc1cccc(-c2ccc3c(c2)C(CCCCCC)(CCCCCC)c2ccccc2-3)c1. The predicted molar refractivity (Wildman–Crippen MR) is 146 cm³/mol. The number of benzene rings is 3. The maximum atomic E-state index is 3.97. The second kappa shape index (κ2) is 11.0. The molecule has 3 aromatic rings. The third kappa shape index (κ3) is 4.86. The summed E-state index contributed by atoms with van der Waals surface area (Å²) < 4.78 is 0. The summed E-state index contributed by atoms with van der Waals surface area (Å²) in [6, 6.07) is 25.3. The average molecular weight is 437 g/mol. The molecule has 0 amide bonds. The molecule has 0 aromatic heterocycles. The Kier molecular flexibility index (Phi) is 7.86. The number of unbranched alkanes of at least 4 members (excludes halogenated alkanes) is 6. The fourth-order valence-electron chi connectivity index (χ4n) is 5.85. The van der Waals surface area contributed by atoms with Gasteiger partial charge in [0, 0.05) is 5.41 Å². The molecule has 0 fully saturated rings. The van der Waals surface area contributed by atoms with E-state index in [1.807, 2.05) is 6.08 Å². The minimum atomic E-state index is 0.152. The van der Waals surface area contributed by atoms with Gasteiger partial charge < -0.3 is 0 Å². The molecule has 0 atom stereocenters. The molecule has 0 heterocycles. The van der Waals surface area contributed by atoms with Crippen LogP contribution in [-0.2, 0) is 5.41 Å². The van der Waals surface area contributed by atoms with Crippen LogP contribution in [0.3, 0.4) is 0 Å². The second-order valence-electron chi connectivity index (χ2n) is 9.84. The molecule has 0 aliphatic heterocycles. The van der Waals surface area contributed by atoms with Gasteiger partial charge >= 0.3 is 0 Å². The first kappa shape index (κ1) is 23.6. The molecule has 0 nitrogen and oxygen atoms in total. The molecular formula is C33H40. The van der Waals surface area contributed by atoms with Crippen molar-refractivity contribution in [3.8, 4) is 22.3 Å². The summed E-state index contributed by atoms with van der Waals surface area (Å²) in [5.74, 6) is 0. The molecule has 0 spiro atoms. The quantitative estimate of drug-likeness (QED) is 0.248. The van der Waals surface area contributed by atoms with E-state index in [4.69, 9.17) is 0 Å². The molecule has 0 N–H and O–H groups in total. The van der Waals surface area contributed by atoms with Crippen LogP contribution in [0.4, 0.5) is 0 Å². The fraction of sp³-hybridized carbons (Fsp3) is 0.394. The molecule has 33 heavy (non-hydrogen) atoms. The van der Waals surface area contributed by atoms with E-state index in [0.717, 1.165) is 0 Å². The summed E-state index contributed by atoms with van der Waals surface area (Å²) in [7, 11) is 0. The van der Waals surface area contributed by atoms with Gasteiger partial charge in [-0.25, -0.2) is 0 Å². The van der Waals surface area contributed by atoms with Gasteiger partial charge in [0.2, 0.25) is 0 Å². The average Bonchev–Trinajstić information content (AvgIpc) is 3.14. The zero-order valence-corrected chi connectivity index (χ0v) is 20.7. The van der Waals surface area contributed by atoms with Crippen molar-refractivity contribution >= 4 is 6.08 Å². The number of fused-ring (bicyclic) bond motifs is 3. The van der Waals surface area contributed by atoms with E-state index in [0.29, 0.717) is 0 Å². The number of hydrogen-bond acceptors (Lipinski definition) is 0. The lowest BCUT2D eigenvalue weighted by atomic mass is 9.70. The Bertz CT molecular complexity index is 1060. The summed E-state index contributed by atoms with van der Waals surface area (Å²) in [5, 5.41) is 0. The summed E-state index contributed by atoms with van der Waals surface area (Å²) in [6.07, 6.45) is 15.0. The van der Waals surface area contributed by atoms with Crippen LogP contribution in [0.5, 0.6) is 0 Å². The first-order valence-electron chi connectivity index (χ1n) is 13.2. The molecule has 4 rings (SSSR count). The zero-order chi connectivity index (χ0) is 23.1.